The van der Waals surface area contributed by atoms with Crippen molar-refractivity contribution in [3.05, 3.63) is 114 Å². The summed E-state index contributed by atoms with van der Waals surface area (Å²) < 4.78 is 55.2. The lowest BCUT2D eigenvalue weighted by atomic mass is 10.1. The molecule has 4 aromatic rings. The molecular weight excluding hydrogens is 510 g/mol. The van der Waals surface area contributed by atoms with E-state index in [0.29, 0.717) is 11.4 Å². The number of hydrogen-bond donors (Lipinski definition) is 2. The van der Waals surface area contributed by atoms with Gasteiger partial charge in [0.25, 0.3) is 26.0 Å². The summed E-state index contributed by atoms with van der Waals surface area (Å²) in [5.41, 5.74) is 2.06. The second-order valence-corrected chi connectivity index (χ2v) is 11.9. The Morgan fingerprint density at radius 3 is 2.03 bits per heavy atom. The molecule has 0 saturated carbocycles. The molecule has 0 bridgehead atoms. The molecule has 2 N–H and O–H groups in total. The number of aryl methyl sites for hydroxylation is 1. The summed E-state index contributed by atoms with van der Waals surface area (Å²) in [6.07, 6.45) is 0. The molecule has 1 amide bonds. The monoisotopic (exact) mass is 535 g/mol. The van der Waals surface area contributed by atoms with Crippen molar-refractivity contribution < 1.29 is 21.6 Å². The van der Waals surface area contributed by atoms with Crippen molar-refractivity contribution in [2.75, 3.05) is 21.4 Å². The lowest BCUT2D eigenvalue weighted by Crippen LogP contribution is -2.29. The van der Waals surface area contributed by atoms with Crippen molar-refractivity contribution in [3.8, 4) is 0 Å². The molecule has 190 valence electrons. The Labute approximate surface area is 216 Å². The van der Waals surface area contributed by atoms with Gasteiger partial charge in [-0.3, -0.25) is 13.8 Å². The number of benzene rings is 4. The van der Waals surface area contributed by atoms with Crippen LogP contribution in [0.5, 0.6) is 0 Å². The van der Waals surface area contributed by atoms with Crippen LogP contribution in [0.25, 0.3) is 0 Å². The van der Waals surface area contributed by atoms with Crippen LogP contribution in [0.15, 0.2) is 113 Å². The van der Waals surface area contributed by atoms with E-state index in [1.807, 2.05) is 13.0 Å². The molecule has 0 aromatic heterocycles. The summed E-state index contributed by atoms with van der Waals surface area (Å²) in [5.74, 6) is -0.542. The number of sulfonamides is 2. The van der Waals surface area contributed by atoms with Crippen LogP contribution in [-0.2, 0) is 20.0 Å². The Hall–Kier alpha value is -4.15. The third-order valence-electron chi connectivity index (χ3n) is 5.58. The number of amides is 1. The van der Waals surface area contributed by atoms with E-state index in [4.69, 9.17) is 0 Å². The van der Waals surface area contributed by atoms with Crippen LogP contribution in [0.1, 0.15) is 15.9 Å². The van der Waals surface area contributed by atoms with Crippen molar-refractivity contribution in [1.29, 1.82) is 0 Å². The van der Waals surface area contributed by atoms with Crippen LogP contribution in [-0.4, -0.2) is 29.8 Å². The Morgan fingerprint density at radius 1 is 0.703 bits per heavy atom. The van der Waals surface area contributed by atoms with E-state index in [-0.39, 0.29) is 21.0 Å². The predicted octanol–water partition coefficient (Wildman–Crippen LogP) is 4.87. The normalized spacial score (nSPS) is 11.5. The molecular formula is C27H25N3O5S2. The first-order valence-corrected chi connectivity index (χ1v) is 14.1. The number of rotatable bonds is 8. The fourth-order valence-electron chi connectivity index (χ4n) is 3.66. The van der Waals surface area contributed by atoms with Crippen molar-refractivity contribution in [3.63, 3.8) is 0 Å². The van der Waals surface area contributed by atoms with Crippen LogP contribution in [0, 0.1) is 6.92 Å². The zero-order valence-corrected chi connectivity index (χ0v) is 21.8. The molecule has 0 saturated heterocycles. The summed E-state index contributed by atoms with van der Waals surface area (Å²) in [6.45, 7) is 1.86. The smallest absolute Gasteiger partial charge is 0.264 e. The van der Waals surface area contributed by atoms with E-state index in [1.54, 1.807) is 54.6 Å². The number of nitrogens with zero attached hydrogens (tertiary/aromatic N) is 1. The predicted molar refractivity (Wildman–Crippen MR) is 145 cm³/mol. The Morgan fingerprint density at radius 2 is 1.35 bits per heavy atom. The van der Waals surface area contributed by atoms with E-state index < -0.39 is 26.0 Å². The topological polar surface area (TPSA) is 113 Å². The third kappa shape index (κ3) is 5.82. The van der Waals surface area contributed by atoms with Crippen molar-refractivity contribution in [2.45, 2.75) is 16.7 Å². The zero-order valence-electron chi connectivity index (χ0n) is 20.1. The molecule has 37 heavy (non-hydrogen) atoms. The molecule has 0 aliphatic heterocycles. The minimum absolute atomic E-state index is 0.0288. The molecule has 0 heterocycles. The van der Waals surface area contributed by atoms with E-state index in [0.717, 1.165) is 9.87 Å². The highest BCUT2D eigenvalue weighted by Gasteiger charge is 2.25. The molecule has 0 spiro atoms. The maximum absolute atomic E-state index is 13.1. The minimum atomic E-state index is -3.89. The highest BCUT2D eigenvalue weighted by Crippen LogP contribution is 2.27. The SMILES string of the molecule is Cc1cccc(NS(=O)(=O)c2ccc(NC(=O)c3ccccc3N(C)S(=O)(=O)c3ccccc3)cc2)c1. The fourth-order valence-corrected chi connectivity index (χ4v) is 5.94. The van der Waals surface area contributed by atoms with E-state index in [1.165, 1.54) is 49.5 Å². The van der Waals surface area contributed by atoms with Crippen LogP contribution in [0.4, 0.5) is 17.1 Å². The zero-order chi connectivity index (χ0) is 26.6. The maximum Gasteiger partial charge on any atom is 0.264 e. The van der Waals surface area contributed by atoms with Gasteiger partial charge in [-0.05, 0) is 73.2 Å². The number of nitrogens with one attached hydrogen (secondary N) is 2. The standard InChI is InChI=1S/C27H25N3O5S2/c1-20-9-8-10-22(19-20)29-36(32,33)23-17-15-21(16-18-23)28-27(31)25-13-6-7-14-26(25)30(2)37(34,35)24-11-4-3-5-12-24/h3-19,29H,1-2H3,(H,28,31). The van der Waals surface area contributed by atoms with Gasteiger partial charge in [0.1, 0.15) is 0 Å². The van der Waals surface area contributed by atoms with Gasteiger partial charge in [-0.25, -0.2) is 16.8 Å². The van der Waals surface area contributed by atoms with Crippen LogP contribution >= 0.6 is 0 Å². The van der Waals surface area contributed by atoms with Crippen LogP contribution in [0.3, 0.4) is 0 Å². The Balaban J connectivity index is 1.53. The molecule has 0 fully saturated rings. The highest BCUT2D eigenvalue weighted by molar-refractivity contribution is 7.93. The molecule has 0 aliphatic rings. The minimum Gasteiger partial charge on any atom is -0.322 e. The van der Waals surface area contributed by atoms with Gasteiger partial charge in [-0.1, -0.05) is 42.5 Å². The molecule has 0 unspecified atom stereocenters. The number of carbonyl (C=O) groups is 1. The summed E-state index contributed by atoms with van der Waals surface area (Å²) in [6, 6.07) is 27.0. The molecule has 4 rings (SSSR count). The van der Waals surface area contributed by atoms with Crippen molar-refractivity contribution >= 4 is 43.0 Å². The lowest BCUT2D eigenvalue weighted by Gasteiger charge is -2.22. The molecule has 0 atom stereocenters. The number of hydrogen-bond acceptors (Lipinski definition) is 5. The number of anilines is 3. The van der Waals surface area contributed by atoms with Crippen LogP contribution < -0.4 is 14.3 Å². The van der Waals surface area contributed by atoms with Gasteiger partial charge < -0.3 is 5.32 Å². The molecule has 0 aliphatic carbocycles. The Kier molecular flexibility index (Phi) is 7.33. The van der Waals surface area contributed by atoms with Crippen molar-refractivity contribution in [2.24, 2.45) is 0 Å². The van der Waals surface area contributed by atoms with Crippen molar-refractivity contribution in [1.82, 2.24) is 0 Å². The highest BCUT2D eigenvalue weighted by atomic mass is 32.2. The summed E-state index contributed by atoms with van der Waals surface area (Å²) >= 11 is 0. The first-order chi connectivity index (χ1) is 17.6. The van der Waals surface area contributed by atoms with Gasteiger partial charge in [0, 0.05) is 18.4 Å². The van der Waals surface area contributed by atoms with Gasteiger partial charge in [0.15, 0.2) is 0 Å². The van der Waals surface area contributed by atoms with Gasteiger partial charge in [0.2, 0.25) is 0 Å². The Bertz CT molecular complexity index is 1640. The third-order valence-corrected chi connectivity index (χ3v) is 8.77. The quantitative estimate of drug-likeness (QED) is 0.334. The van der Waals surface area contributed by atoms with E-state index in [9.17, 15) is 21.6 Å². The summed E-state index contributed by atoms with van der Waals surface area (Å²) in [5, 5.41) is 2.70. The summed E-state index contributed by atoms with van der Waals surface area (Å²) in [7, 11) is -6.33. The summed E-state index contributed by atoms with van der Waals surface area (Å²) in [4.78, 5) is 13.2. The number of para-hydroxylation sites is 1. The average molecular weight is 536 g/mol. The maximum atomic E-state index is 13.1. The largest absolute Gasteiger partial charge is 0.322 e. The molecule has 4 aromatic carbocycles. The molecule has 8 nitrogen and oxygen atoms in total. The fraction of sp³-hybridized carbons (Fsp3) is 0.0741. The molecule has 0 radical (unpaired) electrons. The molecule has 10 heteroatoms. The second kappa shape index (κ2) is 10.5. The van der Waals surface area contributed by atoms with E-state index in [2.05, 4.69) is 10.0 Å². The second-order valence-electron chi connectivity index (χ2n) is 8.26. The van der Waals surface area contributed by atoms with Gasteiger partial charge in [-0.2, -0.15) is 0 Å². The lowest BCUT2D eigenvalue weighted by molar-refractivity contribution is 0.102. The van der Waals surface area contributed by atoms with Gasteiger partial charge in [-0.15, -0.1) is 0 Å². The van der Waals surface area contributed by atoms with Crippen LogP contribution in [0.2, 0.25) is 0 Å². The first-order valence-electron chi connectivity index (χ1n) is 11.2. The van der Waals surface area contributed by atoms with Gasteiger partial charge in [0.05, 0.1) is 21.0 Å². The van der Waals surface area contributed by atoms with E-state index >= 15 is 0 Å². The average Bonchev–Trinajstić information content (AvgIpc) is 2.89. The first kappa shape index (κ1) is 25.9. The van der Waals surface area contributed by atoms with Gasteiger partial charge >= 0.3 is 0 Å². The number of carbonyl (C=O) groups excluding carboxylic acids is 1.